The second-order valence-electron chi connectivity index (χ2n) is 2.42. The molecule has 0 spiro atoms. The maximum Gasteiger partial charge on any atom is 0.408 e. The molecule has 0 saturated heterocycles. The number of hydrogen-bond donors (Lipinski definition) is 2. The van der Waals surface area contributed by atoms with E-state index in [1.807, 2.05) is 0 Å². The highest BCUT2D eigenvalue weighted by molar-refractivity contribution is 7.80. The van der Waals surface area contributed by atoms with Crippen LogP contribution in [0.3, 0.4) is 0 Å². The fourth-order valence-corrected chi connectivity index (χ4v) is 0.647. The van der Waals surface area contributed by atoms with Crippen molar-refractivity contribution in [1.82, 2.24) is 5.32 Å². The van der Waals surface area contributed by atoms with E-state index in [1.54, 1.807) is 6.92 Å². The van der Waals surface area contributed by atoms with E-state index in [4.69, 9.17) is 4.74 Å². The summed E-state index contributed by atoms with van der Waals surface area (Å²) in [5.74, 6) is 0. The van der Waals surface area contributed by atoms with E-state index in [0.29, 0.717) is 0 Å². The van der Waals surface area contributed by atoms with Gasteiger partial charge >= 0.3 is 6.09 Å². The molecule has 0 aromatic carbocycles. The SMILES string of the molecule is CC(S)NC(=O)OC1CC1. The number of rotatable bonds is 2. The lowest BCUT2D eigenvalue weighted by atomic mass is 10.7. The van der Waals surface area contributed by atoms with E-state index < -0.39 is 0 Å². The summed E-state index contributed by atoms with van der Waals surface area (Å²) in [6.07, 6.45) is 1.83. The van der Waals surface area contributed by atoms with Crippen LogP contribution < -0.4 is 5.32 Å². The second kappa shape index (κ2) is 3.14. The van der Waals surface area contributed by atoms with Crippen molar-refractivity contribution in [3.63, 3.8) is 0 Å². The van der Waals surface area contributed by atoms with E-state index >= 15 is 0 Å². The molecule has 1 fully saturated rings. The first-order chi connectivity index (χ1) is 4.68. The van der Waals surface area contributed by atoms with Crippen molar-refractivity contribution in [1.29, 1.82) is 0 Å². The van der Waals surface area contributed by atoms with Crippen molar-refractivity contribution in [2.75, 3.05) is 0 Å². The molecule has 1 N–H and O–H groups in total. The molecular formula is C6H11NO2S. The third-order valence-electron chi connectivity index (χ3n) is 1.12. The van der Waals surface area contributed by atoms with Gasteiger partial charge in [0.2, 0.25) is 0 Å². The van der Waals surface area contributed by atoms with Crippen LogP contribution in [-0.4, -0.2) is 17.6 Å². The van der Waals surface area contributed by atoms with Crippen molar-refractivity contribution in [2.24, 2.45) is 0 Å². The van der Waals surface area contributed by atoms with Crippen molar-refractivity contribution in [2.45, 2.75) is 31.2 Å². The zero-order chi connectivity index (χ0) is 7.56. The average molecular weight is 161 g/mol. The Morgan fingerprint density at radius 3 is 2.80 bits per heavy atom. The fourth-order valence-electron chi connectivity index (χ4n) is 0.542. The fraction of sp³-hybridized carbons (Fsp3) is 0.833. The zero-order valence-electron chi connectivity index (χ0n) is 5.83. The molecule has 10 heavy (non-hydrogen) atoms. The summed E-state index contributed by atoms with van der Waals surface area (Å²) in [4.78, 5) is 10.7. The van der Waals surface area contributed by atoms with Gasteiger partial charge in [-0.2, -0.15) is 12.6 Å². The Morgan fingerprint density at radius 1 is 1.80 bits per heavy atom. The molecule has 1 amide bonds. The lowest BCUT2D eigenvalue weighted by Gasteiger charge is -2.06. The number of amides is 1. The van der Waals surface area contributed by atoms with E-state index in [1.165, 1.54) is 0 Å². The van der Waals surface area contributed by atoms with Crippen LogP contribution in [0, 0.1) is 0 Å². The molecule has 0 aromatic rings. The molecule has 3 nitrogen and oxygen atoms in total. The molecule has 1 unspecified atom stereocenters. The molecule has 0 aromatic heterocycles. The first-order valence-corrected chi connectivity index (χ1v) is 3.85. The lowest BCUT2D eigenvalue weighted by Crippen LogP contribution is -2.29. The van der Waals surface area contributed by atoms with Crippen molar-refractivity contribution < 1.29 is 9.53 Å². The molecule has 1 saturated carbocycles. The van der Waals surface area contributed by atoms with Gasteiger partial charge in [0.15, 0.2) is 0 Å². The van der Waals surface area contributed by atoms with Crippen molar-refractivity contribution >= 4 is 18.7 Å². The molecule has 58 valence electrons. The summed E-state index contributed by atoms with van der Waals surface area (Å²) in [6.45, 7) is 1.78. The highest BCUT2D eigenvalue weighted by atomic mass is 32.1. The number of alkyl carbamates (subject to hydrolysis) is 1. The third-order valence-corrected chi connectivity index (χ3v) is 1.25. The first-order valence-electron chi connectivity index (χ1n) is 3.33. The minimum atomic E-state index is -0.356. The highest BCUT2D eigenvalue weighted by Gasteiger charge is 2.25. The van der Waals surface area contributed by atoms with Gasteiger partial charge in [-0.3, -0.25) is 0 Å². The predicted molar refractivity (Wildman–Crippen MR) is 41.1 cm³/mol. The summed E-state index contributed by atoms with van der Waals surface area (Å²) in [5, 5.41) is 2.38. The summed E-state index contributed by atoms with van der Waals surface area (Å²) >= 11 is 3.97. The van der Waals surface area contributed by atoms with Crippen LogP contribution in [0.2, 0.25) is 0 Å². The van der Waals surface area contributed by atoms with Crippen LogP contribution in [0.4, 0.5) is 4.79 Å². The van der Waals surface area contributed by atoms with E-state index in [-0.39, 0.29) is 17.6 Å². The molecular weight excluding hydrogens is 150 g/mol. The zero-order valence-corrected chi connectivity index (χ0v) is 6.73. The van der Waals surface area contributed by atoms with Gasteiger partial charge in [0, 0.05) is 0 Å². The van der Waals surface area contributed by atoms with Crippen LogP contribution in [0.15, 0.2) is 0 Å². The number of carbonyl (C=O) groups excluding carboxylic acids is 1. The van der Waals surface area contributed by atoms with Gasteiger partial charge in [-0.25, -0.2) is 4.79 Å². The third kappa shape index (κ3) is 2.96. The molecule has 0 aliphatic heterocycles. The van der Waals surface area contributed by atoms with Gasteiger partial charge in [-0.15, -0.1) is 0 Å². The lowest BCUT2D eigenvalue weighted by molar-refractivity contribution is 0.139. The minimum absolute atomic E-state index is 0.133. The van der Waals surface area contributed by atoms with Crippen LogP contribution in [0.1, 0.15) is 19.8 Å². The van der Waals surface area contributed by atoms with Gasteiger partial charge in [0.25, 0.3) is 0 Å². The Hall–Kier alpha value is -0.380. The van der Waals surface area contributed by atoms with E-state index in [2.05, 4.69) is 17.9 Å². The van der Waals surface area contributed by atoms with Crippen molar-refractivity contribution in [3.8, 4) is 0 Å². The molecule has 1 aliphatic rings. The molecule has 1 rings (SSSR count). The van der Waals surface area contributed by atoms with Gasteiger partial charge in [-0.05, 0) is 19.8 Å². The molecule has 0 radical (unpaired) electrons. The van der Waals surface area contributed by atoms with Crippen molar-refractivity contribution in [3.05, 3.63) is 0 Å². The second-order valence-corrected chi connectivity index (χ2v) is 3.20. The Kier molecular flexibility index (Phi) is 2.43. The molecule has 4 heteroatoms. The number of ether oxygens (including phenoxy) is 1. The highest BCUT2D eigenvalue weighted by Crippen LogP contribution is 2.23. The largest absolute Gasteiger partial charge is 0.446 e. The van der Waals surface area contributed by atoms with Gasteiger partial charge < -0.3 is 10.1 Å². The average Bonchev–Trinajstić information content (AvgIpc) is 2.46. The maximum atomic E-state index is 10.7. The Morgan fingerprint density at radius 2 is 2.40 bits per heavy atom. The van der Waals surface area contributed by atoms with E-state index in [0.717, 1.165) is 12.8 Å². The maximum absolute atomic E-state index is 10.7. The van der Waals surface area contributed by atoms with Crippen LogP contribution in [-0.2, 0) is 4.74 Å². The summed E-state index contributed by atoms with van der Waals surface area (Å²) in [5.41, 5.74) is 0. The monoisotopic (exact) mass is 161 g/mol. The molecule has 0 heterocycles. The molecule has 0 bridgehead atoms. The summed E-state index contributed by atoms with van der Waals surface area (Å²) in [6, 6.07) is 0. The number of hydrogen-bond acceptors (Lipinski definition) is 3. The van der Waals surface area contributed by atoms with Crippen LogP contribution in [0.25, 0.3) is 0 Å². The smallest absolute Gasteiger partial charge is 0.408 e. The quantitative estimate of drug-likeness (QED) is 0.471. The van der Waals surface area contributed by atoms with E-state index in [9.17, 15) is 4.79 Å². The Bertz CT molecular complexity index is 128. The number of carbonyl (C=O) groups is 1. The summed E-state index contributed by atoms with van der Waals surface area (Å²) in [7, 11) is 0. The van der Waals surface area contributed by atoms with Gasteiger partial charge in [0.1, 0.15) is 6.10 Å². The minimum Gasteiger partial charge on any atom is -0.446 e. The Balaban J connectivity index is 2.08. The van der Waals surface area contributed by atoms with Crippen LogP contribution in [0.5, 0.6) is 0 Å². The Labute approximate surface area is 65.5 Å². The summed E-state index contributed by atoms with van der Waals surface area (Å²) < 4.78 is 4.87. The molecule has 1 atom stereocenters. The standard InChI is InChI=1S/C6H11NO2S/c1-4(10)7-6(8)9-5-2-3-5/h4-5,10H,2-3H2,1H3,(H,7,8). The topological polar surface area (TPSA) is 38.3 Å². The first kappa shape index (κ1) is 7.72. The van der Waals surface area contributed by atoms with Gasteiger partial charge in [-0.1, -0.05) is 0 Å². The van der Waals surface area contributed by atoms with Gasteiger partial charge in [0.05, 0.1) is 5.37 Å². The molecule has 1 aliphatic carbocycles. The predicted octanol–water partition coefficient (Wildman–Crippen LogP) is 1.15. The number of nitrogens with one attached hydrogen (secondary N) is 1. The number of thiol groups is 1. The normalized spacial score (nSPS) is 19.8. The van der Waals surface area contributed by atoms with Crippen LogP contribution >= 0.6 is 12.6 Å².